The van der Waals surface area contributed by atoms with Crippen LogP contribution in [0.25, 0.3) is 0 Å². The maximum Gasteiger partial charge on any atom is 0.245 e. The number of rotatable bonds is 4. The lowest BCUT2D eigenvalue weighted by Crippen LogP contribution is -2.63. The van der Waals surface area contributed by atoms with Gasteiger partial charge in [0.25, 0.3) is 0 Å². The van der Waals surface area contributed by atoms with Crippen molar-refractivity contribution in [3.8, 4) is 0 Å². The van der Waals surface area contributed by atoms with E-state index < -0.39 is 15.6 Å². The zero-order valence-corrected chi connectivity index (χ0v) is 14.9. The van der Waals surface area contributed by atoms with Crippen molar-refractivity contribution in [2.24, 2.45) is 0 Å². The second kappa shape index (κ2) is 5.57. The van der Waals surface area contributed by atoms with Crippen LogP contribution in [-0.2, 0) is 10.0 Å². The Morgan fingerprint density at radius 2 is 1.85 bits per heavy atom. The van der Waals surface area contributed by atoms with Crippen LogP contribution in [0.4, 0.5) is 5.69 Å². The van der Waals surface area contributed by atoms with Crippen molar-refractivity contribution in [1.29, 1.82) is 0 Å². The van der Waals surface area contributed by atoms with E-state index in [0.29, 0.717) is 21.1 Å². The van der Waals surface area contributed by atoms with Crippen LogP contribution >= 0.6 is 31.9 Å². The van der Waals surface area contributed by atoms with E-state index in [1.807, 2.05) is 6.92 Å². The van der Waals surface area contributed by atoms with Gasteiger partial charge in [-0.2, -0.15) is 4.31 Å². The Kier molecular flexibility index (Phi) is 4.52. The lowest BCUT2D eigenvalue weighted by atomic mass is 9.92. The van der Waals surface area contributed by atoms with Crippen LogP contribution in [0.2, 0.25) is 0 Å². The highest BCUT2D eigenvalue weighted by Crippen LogP contribution is 2.38. The summed E-state index contributed by atoms with van der Waals surface area (Å²) < 4.78 is 27.3. The van der Waals surface area contributed by atoms with Crippen LogP contribution in [0.5, 0.6) is 0 Å². The minimum Gasteiger partial charge on any atom is -0.399 e. The lowest BCUT2D eigenvalue weighted by molar-refractivity contribution is -0.0653. The summed E-state index contributed by atoms with van der Waals surface area (Å²) in [6.07, 6.45) is 1.42. The van der Waals surface area contributed by atoms with Gasteiger partial charge in [0, 0.05) is 27.7 Å². The zero-order chi connectivity index (χ0) is 15.1. The molecule has 112 valence electrons. The molecule has 0 aromatic heterocycles. The Morgan fingerprint density at radius 1 is 1.35 bits per heavy atom. The average Bonchev–Trinajstić information content (AvgIpc) is 2.23. The van der Waals surface area contributed by atoms with Crippen molar-refractivity contribution in [2.45, 2.75) is 30.3 Å². The molecule has 20 heavy (non-hydrogen) atoms. The molecule has 5 nitrogen and oxygen atoms in total. The number of nitrogen functional groups attached to an aromatic ring is 1. The molecule has 1 saturated heterocycles. The number of nitrogens with two attached hydrogens (primary N) is 1. The topological polar surface area (TPSA) is 83.6 Å². The first kappa shape index (κ1) is 16.2. The van der Waals surface area contributed by atoms with Gasteiger partial charge >= 0.3 is 0 Å². The molecule has 0 spiro atoms. The predicted octanol–water partition coefficient (Wildman–Crippen LogP) is 2.33. The molecule has 0 unspecified atom stereocenters. The third-order valence-corrected chi connectivity index (χ3v) is 6.94. The summed E-state index contributed by atoms with van der Waals surface area (Å²) in [5.74, 6) is 0. The SMILES string of the molecule is CCCC1(O)CN(S(=O)(=O)c2c(Br)cc(N)cc2Br)C1. The number of β-amino-alcohol motifs (C(OH)–C–C–N with tert-alkyl or cyclic N) is 1. The summed E-state index contributed by atoms with van der Waals surface area (Å²) in [4.78, 5) is 0.144. The molecular weight excluding hydrogens is 412 g/mol. The van der Waals surface area contributed by atoms with Gasteiger partial charge in [0.05, 0.1) is 5.60 Å². The maximum atomic E-state index is 12.6. The summed E-state index contributed by atoms with van der Waals surface area (Å²) in [5, 5.41) is 10.1. The number of anilines is 1. The minimum absolute atomic E-state index is 0.131. The van der Waals surface area contributed by atoms with Gasteiger partial charge in [-0.25, -0.2) is 8.42 Å². The number of aliphatic hydroxyl groups is 1. The highest BCUT2D eigenvalue weighted by molar-refractivity contribution is 9.11. The van der Waals surface area contributed by atoms with Crippen molar-refractivity contribution in [3.05, 3.63) is 21.1 Å². The average molecular weight is 428 g/mol. The van der Waals surface area contributed by atoms with Gasteiger partial charge in [-0.3, -0.25) is 0 Å². The molecule has 2 rings (SSSR count). The van der Waals surface area contributed by atoms with Gasteiger partial charge in [0.2, 0.25) is 10.0 Å². The molecule has 1 fully saturated rings. The summed E-state index contributed by atoms with van der Waals surface area (Å²) in [7, 11) is -3.65. The van der Waals surface area contributed by atoms with E-state index in [1.54, 1.807) is 12.1 Å². The molecule has 8 heteroatoms. The molecular formula is C12H16Br2N2O3S. The first-order chi connectivity index (χ1) is 9.19. The number of benzene rings is 1. The molecule has 3 N–H and O–H groups in total. The van der Waals surface area contributed by atoms with E-state index in [4.69, 9.17) is 5.73 Å². The number of halogens is 2. The largest absolute Gasteiger partial charge is 0.399 e. The molecule has 1 aromatic carbocycles. The molecule has 1 heterocycles. The zero-order valence-electron chi connectivity index (χ0n) is 10.9. The Hall–Kier alpha value is -0.150. The summed E-state index contributed by atoms with van der Waals surface area (Å²) in [6.45, 7) is 2.22. The highest BCUT2D eigenvalue weighted by atomic mass is 79.9. The first-order valence-electron chi connectivity index (χ1n) is 6.17. The predicted molar refractivity (Wildman–Crippen MR) is 84.9 cm³/mol. The number of sulfonamides is 1. The monoisotopic (exact) mass is 426 g/mol. The molecule has 0 saturated carbocycles. The maximum absolute atomic E-state index is 12.6. The Labute approximate surface area is 135 Å². The minimum atomic E-state index is -3.65. The Balaban J connectivity index is 2.30. The quantitative estimate of drug-likeness (QED) is 0.722. The van der Waals surface area contributed by atoms with E-state index in [0.717, 1.165) is 6.42 Å². The smallest absolute Gasteiger partial charge is 0.245 e. The highest BCUT2D eigenvalue weighted by Gasteiger charge is 2.47. The lowest BCUT2D eigenvalue weighted by Gasteiger charge is -2.45. The molecule has 1 aliphatic heterocycles. The number of nitrogens with zero attached hydrogens (tertiary/aromatic N) is 1. The fourth-order valence-electron chi connectivity index (χ4n) is 2.36. The summed E-state index contributed by atoms with van der Waals surface area (Å²) in [6, 6.07) is 3.10. The second-order valence-corrected chi connectivity index (χ2v) is 8.64. The van der Waals surface area contributed by atoms with Gasteiger partial charge in [-0.05, 0) is 50.4 Å². The molecule has 0 aliphatic carbocycles. The van der Waals surface area contributed by atoms with Gasteiger partial charge in [-0.15, -0.1) is 0 Å². The standard InChI is InChI=1S/C12H16Br2N2O3S/c1-2-3-12(17)6-16(7-12)20(18,19)11-9(13)4-8(15)5-10(11)14/h4-5,17H,2-3,6-7,15H2,1H3. The van der Waals surface area contributed by atoms with E-state index in [2.05, 4.69) is 31.9 Å². The van der Waals surface area contributed by atoms with E-state index in [-0.39, 0.29) is 18.0 Å². The van der Waals surface area contributed by atoms with Crippen molar-refractivity contribution >= 4 is 47.6 Å². The van der Waals surface area contributed by atoms with E-state index in [9.17, 15) is 13.5 Å². The molecule has 0 amide bonds. The Morgan fingerprint density at radius 3 is 2.30 bits per heavy atom. The molecule has 0 atom stereocenters. The van der Waals surface area contributed by atoms with Crippen LogP contribution in [-0.4, -0.2) is 36.5 Å². The van der Waals surface area contributed by atoms with Crippen LogP contribution < -0.4 is 5.73 Å². The first-order valence-corrected chi connectivity index (χ1v) is 9.19. The van der Waals surface area contributed by atoms with Crippen LogP contribution in [0.1, 0.15) is 19.8 Å². The second-order valence-electron chi connectivity index (χ2n) is 5.06. The van der Waals surface area contributed by atoms with Crippen LogP contribution in [0, 0.1) is 0 Å². The normalized spacial score (nSPS) is 18.8. The third kappa shape index (κ3) is 2.89. The molecule has 0 radical (unpaired) electrons. The molecule has 1 aliphatic rings. The van der Waals surface area contributed by atoms with E-state index >= 15 is 0 Å². The fraction of sp³-hybridized carbons (Fsp3) is 0.500. The van der Waals surface area contributed by atoms with Gasteiger partial charge < -0.3 is 10.8 Å². The third-order valence-electron chi connectivity index (χ3n) is 3.28. The van der Waals surface area contributed by atoms with Gasteiger partial charge in [0.1, 0.15) is 4.90 Å². The van der Waals surface area contributed by atoms with Crippen LogP contribution in [0.3, 0.4) is 0 Å². The van der Waals surface area contributed by atoms with Crippen molar-refractivity contribution in [2.75, 3.05) is 18.8 Å². The van der Waals surface area contributed by atoms with Crippen molar-refractivity contribution in [1.82, 2.24) is 4.31 Å². The van der Waals surface area contributed by atoms with Gasteiger partial charge in [0.15, 0.2) is 0 Å². The number of hydrogen-bond acceptors (Lipinski definition) is 4. The van der Waals surface area contributed by atoms with Gasteiger partial charge in [-0.1, -0.05) is 13.3 Å². The fourth-order valence-corrected chi connectivity index (χ4v) is 6.50. The molecule has 0 bridgehead atoms. The van der Waals surface area contributed by atoms with Crippen molar-refractivity contribution < 1.29 is 13.5 Å². The molecule has 1 aromatic rings. The summed E-state index contributed by atoms with van der Waals surface area (Å²) >= 11 is 6.47. The Bertz CT molecular complexity index is 605. The van der Waals surface area contributed by atoms with Crippen molar-refractivity contribution in [3.63, 3.8) is 0 Å². The van der Waals surface area contributed by atoms with Crippen LogP contribution in [0.15, 0.2) is 26.0 Å². The summed E-state index contributed by atoms with van der Waals surface area (Å²) in [5.41, 5.74) is 5.24. The number of hydrogen-bond donors (Lipinski definition) is 2. The van der Waals surface area contributed by atoms with E-state index in [1.165, 1.54) is 4.31 Å².